The van der Waals surface area contributed by atoms with E-state index in [2.05, 4.69) is 32.1 Å². The van der Waals surface area contributed by atoms with E-state index in [4.69, 9.17) is 0 Å². The molecule has 0 saturated heterocycles. The molecule has 94 valence electrons. The molecule has 0 saturated carbocycles. The lowest BCUT2D eigenvalue weighted by molar-refractivity contribution is -0.0720. The van der Waals surface area contributed by atoms with E-state index in [1.165, 1.54) is 0 Å². The number of hydrogen-bond donors (Lipinski definition) is 2. The van der Waals surface area contributed by atoms with Crippen molar-refractivity contribution in [1.29, 1.82) is 0 Å². The third-order valence-electron chi connectivity index (χ3n) is 2.67. The van der Waals surface area contributed by atoms with Crippen molar-refractivity contribution in [2.45, 2.75) is 52.7 Å². The van der Waals surface area contributed by atoms with E-state index in [0.29, 0.717) is 5.92 Å². The fourth-order valence-corrected chi connectivity index (χ4v) is 1.80. The number of aliphatic hydroxyl groups is 2. The minimum absolute atomic E-state index is 0.130. The van der Waals surface area contributed by atoms with Crippen LogP contribution in [-0.4, -0.2) is 16.5 Å². The van der Waals surface area contributed by atoms with Crippen LogP contribution in [0.1, 0.15) is 46.5 Å². The summed E-state index contributed by atoms with van der Waals surface area (Å²) in [5.74, 6) is 0.294. The zero-order chi connectivity index (χ0) is 12.4. The summed E-state index contributed by atoms with van der Waals surface area (Å²) < 4.78 is 0. The summed E-state index contributed by atoms with van der Waals surface area (Å²) >= 11 is 0. The zero-order valence-electron chi connectivity index (χ0n) is 10.8. The van der Waals surface area contributed by atoms with Crippen LogP contribution in [0.25, 0.3) is 0 Å². The molecule has 2 N–H and O–H groups in total. The summed E-state index contributed by atoms with van der Waals surface area (Å²) in [4.78, 5) is 0. The molecular weight excluding hydrogens is 200 g/mol. The molecule has 0 spiro atoms. The molecular formula is C14H26O2. The summed E-state index contributed by atoms with van der Waals surface area (Å²) in [6.45, 7) is 6.23. The van der Waals surface area contributed by atoms with Crippen molar-refractivity contribution < 1.29 is 10.2 Å². The lowest BCUT2D eigenvalue weighted by Gasteiger charge is -2.14. The highest BCUT2D eigenvalue weighted by Gasteiger charge is 2.12. The van der Waals surface area contributed by atoms with Gasteiger partial charge >= 0.3 is 0 Å². The van der Waals surface area contributed by atoms with Crippen molar-refractivity contribution in [2.75, 3.05) is 0 Å². The second-order valence-corrected chi connectivity index (χ2v) is 4.23. The monoisotopic (exact) mass is 226 g/mol. The van der Waals surface area contributed by atoms with E-state index in [1.807, 2.05) is 13.0 Å². The Morgan fingerprint density at radius 1 is 0.938 bits per heavy atom. The Hall–Kier alpha value is -0.600. The fourth-order valence-electron chi connectivity index (χ4n) is 1.80. The first kappa shape index (κ1) is 15.4. The lowest BCUT2D eigenvalue weighted by atomic mass is 9.97. The van der Waals surface area contributed by atoms with Gasteiger partial charge in [0.05, 0.1) is 0 Å². The molecule has 0 radical (unpaired) electrons. The van der Waals surface area contributed by atoms with E-state index >= 15 is 0 Å². The summed E-state index contributed by atoms with van der Waals surface area (Å²) in [6.07, 6.45) is 11.1. The van der Waals surface area contributed by atoms with E-state index in [-0.39, 0.29) is 5.92 Å². The summed E-state index contributed by atoms with van der Waals surface area (Å²) in [7, 11) is 0. The quantitative estimate of drug-likeness (QED) is 0.492. The highest BCUT2D eigenvalue weighted by molar-refractivity contribution is 5.01. The Labute approximate surface area is 99.7 Å². The van der Waals surface area contributed by atoms with Crippen LogP contribution in [0, 0.1) is 11.8 Å². The zero-order valence-corrected chi connectivity index (χ0v) is 10.8. The van der Waals surface area contributed by atoms with Crippen LogP contribution in [0.4, 0.5) is 0 Å². The molecule has 0 rings (SSSR count). The molecule has 0 heterocycles. The SMILES string of the molecule is CC=CC(C=CC(CCC)C(O)O)CCC. The first-order valence-corrected chi connectivity index (χ1v) is 6.32. The minimum Gasteiger partial charge on any atom is -0.368 e. The van der Waals surface area contributed by atoms with Crippen LogP contribution in [0.15, 0.2) is 24.3 Å². The molecule has 0 aromatic heterocycles. The molecule has 0 fully saturated rings. The topological polar surface area (TPSA) is 40.5 Å². The molecule has 0 aliphatic rings. The smallest absolute Gasteiger partial charge is 0.157 e. The predicted octanol–water partition coefficient (Wildman–Crippen LogP) is 3.26. The normalized spacial score (nSPS) is 16.4. The molecule has 2 heteroatoms. The van der Waals surface area contributed by atoms with Gasteiger partial charge in [-0.1, -0.05) is 51.0 Å². The minimum atomic E-state index is -1.23. The predicted molar refractivity (Wildman–Crippen MR) is 69.0 cm³/mol. The third kappa shape index (κ3) is 6.81. The summed E-state index contributed by atoms with van der Waals surface area (Å²) in [6, 6.07) is 0. The van der Waals surface area contributed by atoms with Crippen LogP contribution in [0.5, 0.6) is 0 Å². The largest absolute Gasteiger partial charge is 0.368 e. The van der Waals surface area contributed by atoms with Crippen molar-refractivity contribution in [3.63, 3.8) is 0 Å². The van der Waals surface area contributed by atoms with Gasteiger partial charge in [0, 0.05) is 5.92 Å². The average molecular weight is 226 g/mol. The number of rotatable bonds is 8. The van der Waals surface area contributed by atoms with Gasteiger partial charge in [-0.05, 0) is 25.7 Å². The van der Waals surface area contributed by atoms with Crippen molar-refractivity contribution in [3.05, 3.63) is 24.3 Å². The number of aliphatic hydroxyl groups excluding tert-OH is 1. The highest BCUT2D eigenvalue weighted by Crippen LogP contribution is 2.16. The van der Waals surface area contributed by atoms with Gasteiger partial charge in [0.1, 0.15) is 0 Å². The number of hydrogen-bond acceptors (Lipinski definition) is 2. The Morgan fingerprint density at radius 2 is 1.56 bits per heavy atom. The molecule has 0 amide bonds. The van der Waals surface area contributed by atoms with Crippen LogP contribution in [0.3, 0.4) is 0 Å². The van der Waals surface area contributed by atoms with E-state index in [1.54, 1.807) is 0 Å². The average Bonchev–Trinajstić information content (AvgIpc) is 2.24. The van der Waals surface area contributed by atoms with Gasteiger partial charge in [-0.2, -0.15) is 0 Å². The molecule has 2 nitrogen and oxygen atoms in total. The fraction of sp³-hybridized carbons (Fsp3) is 0.714. The molecule has 0 aromatic rings. The molecule has 2 atom stereocenters. The first-order chi connectivity index (χ1) is 7.65. The van der Waals surface area contributed by atoms with Crippen LogP contribution < -0.4 is 0 Å². The standard InChI is InChI=1S/C14H26O2/c1-4-7-12(8-5-2)10-11-13(9-6-3)14(15)16/h4,7,10-16H,5-6,8-9H2,1-3H3. The van der Waals surface area contributed by atoms with Crippen LogP contribution in [0.2, 0.25) is 0 Å². The Balaban J connectivity index is 4.35. The van der Waals surface area contributed by atoms with Crippen molar-refractivity contribution in [1.82, 2.24) is 0 Å². The maximum Gasteiger partial charge on any atom is 0.157 e. The molecule has 0 aromatic carbocycles. The molecule has 2 unspecified atom stereocenters. The summed E-state index contributed by atoms with van der Waals surface area (Å²) in [5.41, 5.74) is 0. The van der Waals surface area contributed by atoms with Gasteiger partial charge in [-0.3, -0.25) is 0 Å². The highest BCUT2D eigenvalue weighted by atomic mass is 16.5. The van der Waals surface area contributed by atoms with Crippen LogP contribution >= 0.6 is 0 Å². The van der Waals surface area contributed by atoms with E-state index in [0.717, 1.165) is 25.7 Å². The van der Waals surface area contributed by atoms with Gasteiger partial charge in [-0.15, -0.1) is 0 Å². The van der Waals surface area contributed by atoms with Gasteiger partial charge in [0.25, 0.3) is 0 Å². The van der Waals surface area contributed by atoms with E-state index < -0.39 is 6.29 Å². The Morgan fingerprint density at radius 3 is 2.00 bits per heavy atom. The molecule has 16 heavy (non-hydrogen) atoms. The van der Waals surface area contributed by atoms with E-state index in [9.17, 15) is 10.2 Å². The maximum absolute atomic E-state index is 9.20. The molecule has 0 aliphatic carbocycles. The third-order valence-corrected chi connectivity index (χ3v) is 2.67. The van der Waals surface area contributed by atoms with Crippen molar-refractivity contribution >= 4 is 0 Å². The second kappa shape index (κ2) is 9.61. The number of allylic oxidation sites excluding steroid dienone is 3. The first-order valence-electron chi connectivity index (χ1n) is 6.32. The Kier molecular flexibility index (Phi) is 9.25. The lowest BCUT2D eigenvalue weighted by Crippen LogP contribution is -2.17. The van der Waals surface area contributed by atoms with Gasteiger partial charge in [0.2, 0.25) is 0 Å². The molecule has 0 bridgehead atoms. The van der Waals surface area contributed by atoms with Gasteiger partial charge in [0.15, 0.2) is 6.29 Å². The maximum atomic E-state index is 9.20. The summed E-state index contributed by atoms with van der Waals surface area (Å²) in [5, 5.41) is 18.4. The second-order valence-electron chi connectivity index (χ2n) is 4.23. The van der Waals surface area contributed by atoms with Gasteiger partial charge < -0.3 is 10.2 Å². The van der Waals surface area contributed by atoms with Crippen molar-refractivity contribution in [3.8, 4) is 0 Å². The van der Waals surface area contributed by atoms with Gasteiger partial charge in [-0.25, -0.2) is 0 Å². The van der Waals surface area contributed by atoms with Crippen LogP contribution in [-0.2, 0) is 0 Å². The Bertz CT molecular complexity index is 207. The molecule has 0 aliphatic heterocycles. The van der Waals surface area contributed by atoms with Crippen molar-refractivity contribution in [2.24, 2.45) is 11.8 Å².